The fourth-order valence-corrected chi connectivity index (χ4v) is 4.08. The molecule has 7 nitrogen and oxygen atoms in total. The van der Waals surface area contributed by atoms with Crippen molar-refractivity contribution in [1.82, 2.24) is 9.97 Å². The maximum absolute atomic E-state index is 12.5. The second-order valence-corrected chi connectivity index (χ2v) is 8.46. The molecule has 35 heavy (non-hydrogen) atoms. The molecule has 0 radical (unpaired) electrons. The molecule has 1 aromatic heterocycles. The highest BCUT2D eigenvalue weighted by molar-refractivity contribution is 6.34. The molecule has 2 N–H and O–H groups in total. The van der Waals surface area contributed by atoms with Gasteiger partial charge in [-0.3, -0.25) is 4.79 Å². The Hall–Kier alpha value is -3.94. The molecule has 8 heteroatoms. The van der Waals surface area contributed by atoms with Crippen LogP contribution in [-0.2, 0) is 4.74 Å². The summed E-state index contributed by atoms with van der Waals surface area (Å²) in [5, 5.41) is 6.56. The van der Waals surface area contributed by atoms with E-state index in [9.17, 15) is 4.79 Å². The molecule has 0 unspecified atom stereocenters. The topological polar surface area (TPSA) is 79.4 Å². The minimum atomic E-state index is -0.253. The van der Waals surface area contributed by atoms with Crippen molar-refractivity contribution in [2.24, 2.45) is 0 Å². The number of hydrogen-bond acceptors (Lipinski definition) is 6. The number of carbonyl (C=O) groups is 1. The molecule has 5 rings (SSSR count). The van der Waals surface area contributed by atoms with E-state index in [1.165, 1.54) is 5.69 Å². The highest BCUT2D eigenvalue weighted by Crippen LogP contribution is 2.24. The Kier molecular flexibility index (Phi) is 6.88. The van der Waals surface area contributed by atoms with Crippen molar-refractivity contribution < 1.29 is 9.53 Å². The largest absolute Gasteiger partial charge is 0.378 e. The van der Waals surface area contributed by atoms with E-state index in [2.05, 4.69) is 37.6 Å². The van der Waals surface area contributed by atoms with Crippen molar-refractivity contribution in [2.75, 3.05) is 41.8 Å². The molecule has 1 amide bonds. The minimum Gasteiger partial charge on any atom is -0.378 e. The summed E-state index contributed by atoms with van der Waals surface area (Å²) >= 11 is 6.12. The molecule has 1 aliphatic heterocycles. The molecule has 1 fully saturated rings. The summed E-state index contributed by atoms with van der Waals surface area (Å²) in [5.74, 6) is 0.259. The number of morpholine rings is 1. The van der Waals surface area contributed by atoms with E-state index in [0.29, 0.717) is 22.2 Å². The number of halogens is 1. The number of carbonyl (C=O) groups excluding carboxylic acids is 1. The van der Waals surface area contributed by atoms with Gasteiger partial charge in [-0.15, -0.1) is 0 Å². The van der Waals surface area contributed by atoms with Gasteiger partial charge in [-0.2, -0.15) is 0 Å². The third-order valence-electron chi connectivity index (χ3n) is 5.71. The van der Waals surface area contributed by atoms with Gasteiger partial charge in [0.1, 0.15) is 0 Å². The number of amides is 1. The Morgan fingerprint density at radius 3 is 2.34 bits per heavy atom. The molecule has 176 valence electrons. The fourth-order valence-electron chi connectivity index (χ4n) is 3.85. The van der Waals surface area contributed by atoms with Gasteiger partial charge in [0.25, 0.3) is 5.91 Å². The van der Waals surface area contributed by atoms with Gasteiger partial charge in [0.15, 0.2) is 0 Å². The lowest BCUT2D eigenvalue weighted by atomic mass is 10.1. The lowest BCUT2D eigenvalue weighted by Gasteiger charge is -2.28. The predicted octanol–water partition coefficient (Wildman–Crippen LogP) is 5.63. The number of ether oxygens (including phenoxy) is 1. The van der Waals surface area contributed by atoms with Crippen LogP contribution in [0.25, 0.3) is 11.3 Å². The van der Waals surface area contributed by atoms with Crippen LogP contribution in [0.1, 0.15) is 10.4 Å². The van der Waals surface area contributed by atoms with Gasteiger partial charge in [0.2, 0.25) is 5.95 Å². The van der Waals surface area contributed by atoms with Gasteiger partial charge in [-0.25, -0.2) is 9.97 Å². The van der Waals surface area contributed by atoms with E-state index in [4.69, 9.17) is 16.3 Å². The van der Waals surface area contributed by atoms with Crippen molar-refractivity contribution >= 4 is 40.5 Å². The van der Waals surface area contributed by atoms with E-state index in [1.54, 1.807) is 30.5 Å². The molecule has 1 aliphatic rings. The normalized spacial score (nSPS) is 13.3. The summed E-state index contributed by atoms with van der Waals surface area (Å²) in [6, 6.07) is 24.5. The molecule has 3 aromatic carbocycles. The lowest BCUT2D eigenvalue weighted by molar-refractivity contribution is 0.102. The van der Waals surface area contributed by atoms with Crippen LogP contribution in [0.3, 0.4) is 0 Å². The first-order valence-electron chi connectivity index (χ1n) is 11.3. The fraction of sp³-hybridized carbons (Fsp3) is 0.148. The van der Waals surface area contributed by atoms with Crippen LogP contribution in [0.5, 0.6) is 0 Å². The minimum absolute atomic E-state index is 0.253. The first-order valence-corrected chi connectivity index (χ1v) is 11.7. The zero-order valence-electron chi connectivity index (χ0n) is 18.9. The number of rotatable bonds is 6. The smallest absolute Gasteiger partial charge is 0.257 e. The summed E-state index contributed by atoms with van der Waals surface area (Å²) in [4.78, 5) is 23.8. The summed E-state index contributed by atoms with van der Waals surface area (Å²) in [7, 11) is 0. The average Bonchev–Trinajstić information content (AvgIpc) is 2.90. The Morgan fingerprint density at radius 2 is 1.60 bits per heavy atom. The van der Waals surface area contributed by atoms with Gasteiger partial charge in [0, 0.05) is 41.9 Å². The van der Waals surface area contributed by atoms with Crippen LogP contribution < -0.4 is 15.5 Å². The molecular formula is C27H24ClN5O2. The van der Waals surface area contributed by atoms with Crippen molar-refractivity contribution in [3.05, 3.63) is 95.6 Å². The van der Waals surface area contributed by atoms with E-state index in [-0.39, 0.29) is 5.91 Å². The molecule has 0 bridgehead atoms. The zero-order valence-corrected chi connectivity index (χ0v) is 19.7. The van der Waals surface area contributed by atoms with E-state index in [0.717, 1.165) is 43.2 Å². The van der Waals surface area contributed by atoms with Gasteiger partial charge in [-0.05, 0) is 54.6 Å². The van der Waals surface area contributed by atoms with Gasteiger partial charge in [0.05, 0.1) is 29.5 Å². The van der Waals surface area contributed by atoms with Gasteiger partial charge in [-0.1, -0.05) is 35.9 Å². The maximum atomic E-state index is 12.5. The highest BCUT2D eigenvalue weighted by Gasteiger charge is 2.12. The van der Waals surface area contributed by atoms with Crippen molar-refractivity contribution in [3.8, 4) is 11.3 Å². The summed E-state index contributed by atoms with van der Waals surface area (Å²) in [5.41, 5.74) is 4.88. The second kappa shape index (κ2) is 10.5. The number of anilines is 4. The van der Waals surface area contributed by atoms with Crippen LogP contribution in [0.2, 0.25) is 5.02 Å². The van der Waals surface area contributed by atoms with Crippen LogP contribution in [0, 0.1) is 0 Å². The average molecular weight is 486 g/mol. The summed E-state index contributed by atoms with van der Waals surface area (Å²) in [6.45, 7) is 3.32. The molecule has 0 atom stereocenters. The van der Waals surface area contributed by atoms with E-state index < -0.39 is 0 Å². The molecule has 1 saturated heterocycles. The third kappa shape index (κ3) is 5.59. The lowest BCUT2D eigenvalue weighted by Crippen LogP contribution is -2.36. The predicted molar refractivity (Wildman–Crippen MR) is 140 cm³/mol. The molecule has 4 aromatic rings. The van der Waals surface area contributed by atoms with Gasteiger partial charge >= 0.3 is 0 Å². The molecular weight excluding hydrogens is 462 g/mol. The molecule has 2 heterocycles. The third-order valence-corrected chi connectivity index (χ3v) is 6.04. The quantitative estimate of drug-likeness (QED) is 0.368. The number of nitrogens with zero attached hydrogens (tertiary/aromatic N) is 3. The number of aromatic nitrogens is 2. The number of nitrogens with one attached hydrogen (secondary N) is 2. The number of hydrogen-bond donors (Lipinski definition) is 2. The molecule has 0 spiro atoms. The Balaban J connectivity index is 1.25. The van der Waals surface area contributed by atoms with Crippen molar-refractivity contribution in [1.29, 1.82) is 0 Å². The molecule has 0 aliphatic carbocycles. The Bertz CT molecular complexity index is 1310. The Morgan fingerprint density at radius 1 is 0.886 bits per heavy atom. The Labute approximate surface area is 208 Å². The van der Waals surface area contributed by atoms with E-state index in [1.807, 2.05) is 42.5 Å². The van der Waals surface area contributed by atoms with Crippen LogP contribution >= 0.6 is 11.6 Å². The zero-order chi connectivity index (χ0) is 24.0. The first kappa shape index (κ1) is 22.8. The highest BCUT2D eigenvalue weighted by atomic mass is 35.5. The SMILES string of the molecule is O=C(Nc1ccc(-c2ccnc(Nc3ccc(N4CCOCC4)cc3)n2)cc1)c1ccccc1Cl. The summed E-state index contributed by atoms with van der Waals surface area (Å²) in [6.07, 6.45) is 1.72. The van der Waals surface area contributed by atoms with Crippen LogP contribution in [-0.4, -0.2) is 42.2 Å². The second-order valence-electron chi connectivity index (χ2n) is 8.05. The maximum Gasteiger partial charge on any atom is 0.257 e. The standard InChI is InChI=1S/C27H24ClN5O2/c28-24-4-2-1-3-23(24)26(34)30-20-7-5-19(6-8-20)25-13-14-29-27(32-25)31-21-9-11-22(12-10-21)33-15-17-35-18-16-33/h1-14H,15-18H2,(H,30,34)(H,29,31,32). The van der Waals surface area contributed by atoms with Crippen molar-refractivity contribution in [3.63, 3.8) is 0 Å². The summed E-state index contributed by atoms with van der Waals surface area (Å²) < 4.78 is 5.42. The monoisotopic (exact) mass is 485 g/mol. The number of benzene rings is 3. The van der Waals surface area contributed by atoms with E-state index >= 15 is 0 Å². The molecule has 0 saturated carbocycles. The van der Waals surface area contributed by atoms with Crippen molar-refractivity contribution in [2.45, 2.75) is 0 Å². The first-order chi connectivity index (χ1) is 17.2. The van der Waals surface area contributed by atoms with Crippen LogP contribution in [0.15, 0.2) is 85.1 Å². The van der Waals surface area contributed by atoms with Crippen LogP contribution in [0.4, 0.5) is 23.0 Å². The van der Waals surface area contributed by atoms with Gasteiger partial charge < -0.3 is 20.3 Å².